The summed E-state index contributed by atoms with van der Waals surface area (Å²) >= 11 is 0. The molecule has 0 aliphatic rings. The highest BCUT2D eigenvalue weighted by atomic mass is 19.1. The lowest BCUT2D eigenvalue weighted by Gasteiger charge is -2.10. The van der Waals surface area contributed by atoms with Crippen LogP contribution in [0.5, 0.6) is 11.6 Å². The summed E-state index contributed by atoms with van der Waals surface area (Å²) in [6, 6.07) is 12.4. The molecular formula is C21H15F2N5O3. The fourth-order valence-electron chi connectivity index (χ4n) is 2.78. The van der Waals surface area contributed by atoms with E-state index in [-0.39, 0.29) is 17.3 Å². The molecule has 0 spiro atoms. The Morgan fingerprint density at radius 1 is 0.968 bits per heavy atom. The molecule has 0 bridgehead atoms. The van der Waals surface area contributed by atoms with Crippen LogP contribution >= 0.6 is 0 Å². The first-order valence-corrected chi connectivity index (χ1v) is 9.09. The Morgan fingerprint density at radius 3 is 2.42 bits per heavy atom. The molecule has 156 valence electrons. The number of halogens is 2. The Balaban J connectivity index is 1.37. The molecule has 0 unspecified atom stereocenters. The number of hydrogen-bond donors (Lipinski definition) is 2. The Hall–Kier alpha value is -4.34. The van der Waals surface area contributed by atoms with Crippen molar-refractivity contribution in [1.29, 1.82) is 0 Å². The van der Waals surface area contributed by atoms with Gasteiger partial charge in [-0.15, -0.1) is 0 Å². The van der Waals surface area contributed by atoms with Crippen molar-refractivity contribution >= 4 is 28.7 Å². The number of benzene rings is 2. The monoisotopic (exact) mass is 423 g/mol. The minimum absolute atomic E-state index is 0.0890. The van der Waals surface area contributed by atoms with Crippen molar-refractivity contribution < 1.29 is 23.1 Å². The van der Waals surface area contributed by atoms with E-state index < -0.39 is 29.9 Å². The van der Waals surface area contributed by atoms with Gasteiger partial charge in [0.2, 0.25) is 17.7 Å². The predicted octanol–water partition coefficient (Wildman–Crippen LogP) is 3.77. The van der Waals surface area contributed by atoms with Gasteiger partial charge in [-0.25, -0.2) is 13.3 Å². The first kappa shape index (κ1) is 20.0. The van der Waals surface area contributed by atoms with Crippen LogP contribution in [0.15, 0.2) is 67.1 Å². The lowest BCUT2D eigenvalue weighted by atomic mass is 10.2. The molecule has 10 heteroatoms. The molecule has 8 nitrogen and oxygen atoms in total. The van der Waals surface area contributed by atoms with E-state index in [1.54, 1.807) is 18.3 Å². The van der Waals surface area contributed by atoms with Gasteiger partial charge in [0, 0.05) is 23.6 Å². The number of rotatable bonds is 6. The van der Waals surface area contributed by atoms with Gasteiger partial charge in [0.05, 0.1) is 0 Å². The minimum Gasteiger partial charge on any atom is -0.434 e. The predicted molar refractivity (Wildman–Crippen MR) is 108 cm³/mol. The van der Waals surface area contributed by atoms with Crippen molar-refractivity contribution in [1.82, 2.24) is 14.6 Å². The quantitative estimate of drug-likeness (QED) is 0.460. The van der Waals surface area contributed by atoms with Crippen molar-refractivity contribution in [3.8, 4) is 11.6 Å². The van der Waals surface area contributed by atoms with Crippen LogP contribution in [0, 0.1) is 11.6 Å². The Morgan fingerprint density at radius 2 is 1.68 bits per heavy atom. The summed E-state index contributed by atoms with van der Waals surface area (Å²) in [7, 11) is 0. The highest BCUT2D eigenvalue weighted by Gasteiger charge is 2.14. The van der Waals surface area contributed by atoms with E-state index in [4.69, 9.17) is 4.74 Å². The Labute approximate surface area is 174 Å². The summed E-state index contributed by atoms with van der Waals surface area (Å²) in [6.07, 6.45) is 2.49. The van der Waals surface area contributed by atoms with Crippen molar-refractivity contribution in [3.05, 3.63) is 78.8 Å². The standard InChI is InChI=1S/C21H15F2N5O3/c22-13-3-5-14(6-4-13)26-19(29)11-20(30)27-15-7-8-18(16(23)10-15)31-21-17-2-1-9-28(17)25-12-24-21/h1-10,12H,11H2,(H,26,29)(H,27,30). The molecule has 0 aliphatic carbocycles. The number of hydrogen-bond acceptors (Lipinski definition) is 5. The van der Waals surface area contributed by atoms with Gasteiger partial charge in [0.15, 0.2) is 11.6 Å². The number of nitrogens with one attached hydrogen (secondary N) is 2. The molecule has 0 saturated heterocycles. The molecule has 0 radical (unpaired) electrons. The highest BCUT2D eigenvalue weighted by molar-refractivity contribution is 6.08. The number of aromatic nitrogens is 3. The van der Waals surface area contributed by atoms with Crippen LogP contribution in [0.4, 0.5) is 20.2 Å². The number of anilines is 2. The Bertz CT molecular complexity index is 1260. The summed E-state index contributed by atoms with van der Waals surface area (Å²) in [6.45, 7) is 0. The second-order valence-electron chi connectivity index (χ2n) is 6.43. The van der Waals surface area contributed by atoms with Crippen molar-refractivity contribution in [2.45, 2.75) is 6.42 Å². The van der Waals surface area contributed by atoms with E-state index in [1.807, 2.05) is 0 Å². The van der Waals surface area contributed by atoms with E-state index in [2.05, 4.69) is 20.7 Å². The number of fused-ring (bicyclic) bond motifs is 1. The first-order valence-electron chi connectivity index (χ1n) is 9.09. The lowest BCUT2D eigenvalue weighted by Crippen LogP contribution is -2.21. The van der Waals surface area contributed by atoms with Gasteiger partial charge in [-0.2, -0.15) is 10.1 Å². The number of carbonyl (C=O) groups excluding carboxylic acids is 2. The van der Waals surface area contributed by atoms with Crippen molar-refractivity contribution in [2.24, 2.45) is 0 Å². The lowest BCUT2D eigenvalue weighted by molar-refractivity contribution is -0.123. The molecule has 0 aliphatic heterocycles. The van der Waals surface area contributed by atoms with Crippen LogP contribution in [-0.2, 0) is 9.59 Å². The molecular weight excluding hydrogens is 408 g/mol. The summed E-state index contributed by atoms with van der Waals surface area (Å²) in [5.74, 6) is -2.32. The molecule has 2 heterocycles. The molecule has 2 N–H and O–H groups in total. The van der Waals surface area contributed by atoms with E-state index in [0.29, 0.717) is 11.2 Å². The van der Waals surface area contributed by atoms with Gasteiger partial charge in [0.1, 0.15) is 24.1 Å². The fourth-order valence-corrected chi connectivity index (χ4v) is 2.78. The van der Waals surface area contributed by atoms with Crippen LogP contribution < -0.4 is 15.4 Å². The van der Waals surface area contributed by atoms with Gasteiger partial charge in [-0.05, 0) is 48.5 Å². The van der Waals surface area contributed by atoms with Gasteiger partial charge >= 0.3 is 0 Å². The number of amides is 2. The van der Waals surface area contributed by atoms with Gasteiger partial charge in [-0.3, -0.25) is 9.59 Å². The summed E-state index contributed by atoms with van der Waals surface area (Å²) < 4.78 is 34.4. The number of carbonyl (C=O) groups is 2. The maximum atomic E-state index is 14.5. The third-order valence-corrected chi connectivity index (χ3v) is 4.17. The fraction of sp³-hybridized carbons (Fsp3) is 0.0476. The van der Waals surface area contributed by atoms with E-state index in [9.17, 15) is 18.4 Å². The third kappa shape index (κ3) is 4.81. The molecule has 4 aromatic rings. The number of ether oxygens (including phenoxy) is 1. The van der Waals surface area contributed by atoms with Crippen LogP contribution in [0.1, 0.15) is 6.42 Å². The summed E-state index contributed by atoms with van der Waals surface area (Å²) in [4.78, 5) is 28.0. The van der Waals surface area contributed by atoms with Crippen LogP contribution in [0.3, 0.4) is 0 Å². The smallest absolute Gasteiger partial charge is 0.247 e. The second-order valence-corrected chi connectivity index (χ2v) is 6.43. The topological polar surface area (TPSA) is 97.6 Å². The number of nitrogens with zero attached hydrogens (tertiary/aromatic N) is 3. The summed E-state index contributed by atoms with van der Waals surface area (Å²) in [5, 5.41) is 8.91. The first-order chi connectivity index (χ1) is 15.0. The molecule has 0 saturated carbocycles. The van der Waals surface area contributed by atoms with Crippen molar-refractivity contribution in [3.63, 3.8) is 0 Å². The second kappa shape index (κ2) is 8.57. The van der Waals surface area contributed by atoms with Crippen LogP contribution in [0.2, 0.25) is 0 Å². The van der Waals surface area contributed by atoms with Crippen LogP contribution in [0.25, 0.3) is 5.52 Å². The van der Waals surface area contributed by atoms with Gasteiger partial charge < -0.3 is 15.4 Å². The SMILES string of the molecule is O=C(CC(=O)Nc1ccc(Oc2ncnn3cccc23)c(F)c1)Nc1ccc(F)cc1. The van der Waals surface area contributed by atoms with E-state index >= 15 is 0 Å². The molecule has 2 amide bonds. The molecule has 2 aromatic heterocycles. The Kier molecular flexibility index (Phi) is 5.52. The average molecular weight is 423 g/mol. The normalized spacial score (nSPS) is 10.6. The van der Waals surface area contributed by atoms with Crippen molar-refractivity contribution in [2.75, 3.05) is 10.6 Å². The molecule has 0 atom stereocenters. The van der Waals surface area contributed by atoms with E-state index in [1.165, 1.54) is 47.2 Å². The summed E-state index contributed by atoms with van der Waals surface area (Å²) in [5.41, 5.74) is 1.07. The zero-order valence-electron chi connectivity index (χ0n) is 15.9. The zero-order valence-corrected chi connectivity index (χ0v) is 15.9. The highest BCUT2D eigenvalue weighted by Crippen LogP contribution is 2.28. The molecule has 31 heavy (non-hydrogen) atoms. The third-order valence-electron chi connectivity index (χ3n) is 4.17. The molecule has 0 fully saturated rings. The van der Waals surface area contributed by atoms with E-state index in [0.717, 1.165) is 6.07 Å². The molecule has 2 aromatic carbocycles. The minimum atomic E-state index is -0.725. The maximum Gasteiger partial charge on any atom is 0.247 e. The van der Waals surface area contributed by atoms with Gasteiger partial charge in [-0.1, -0.05) is 0 Å². The molecule has 4 rings (SSSR count). The largest absolute Gasteiger partial charge is 0.434 e. The van der Waals surface area contributed by atoms with Crippen LogP contribution in [-0.4, -0.2) is 26.4 Å². The average Bonchev–Trinajstić information content (AvgIpc) is 3.21. The van der Waals surface area contributed by atoms with Gasteiger partial charge in [0.25, 0.3) is 0 Å². The maximum absolute atomic E-state index is 14.5. The zero-order chi connectivity index (χ0) is 21.8.